The molecule has 6 heteroatoms. The number of halogens is 1. The van der Waals surface area contributed by atoms with Gasteiger partial charge in [-0.15, -0.1) is 0 Å². The molecule has 4 aliphatic carbocycles. The number of aromatic nitrogens is 2. The number of allylic oxidation sites excluding steroid dienone is 5. The van der Waals surface area contributed by atoms with Gasteiger partial charge in [0, 0.05) is 23.3 Å². The maximum atomic E-state index is 12.8. The first-order chi connectivity index (χ1) is 14.9. The van der Waals surface area contributed by atoms with Crippen LogP contribution in [0.25, 0.3) is 0 Å². The summed E-state index contributed by atoms with van der Waals surface area (Å²) in [5, 5.41) is 0. The van der Waals surface area contributed by atoms with Crippen LogP contribution in [0.4, 0.5) is 5.95 Å². The third-order valence-electron chi connectivity index (χ3n) is 8.33. The average Bonchev–Trinajstić information content (AvgIpc) is 3.65. The first kappa shape index (κ1) is 19.7. The summed E-state index contributed by atoms with van der Waals surface area (Å²) in [4.78, 5) is 25.0. The Kier molecular flexibility index (Phi) is 4.31. The Morgan fingerprint density at radius 3 is 2.65 bits per heavy atom. The number of carbonyl (C=O) groups is 1. The van der Waals surface area contributed by atoms with E-state index in [0.29, 0.717) is 5.41 Å². The summed E-state index contributed by atoms with van der Waals surface area (Å²) in [5.41, 5.74) is 8.99. The predicted octanol–water partition coefficient (Wildman–Crippen LogP) is 4.32. The van der Waals surface area contributed by atoms with Gasteiger partial charge in [-0.25, -0.2) is 9.97 Å². The van der Waals surface area contributed by atoms with Crippen molar-refractivity contribution < 1.29 is 4.79 Å². The molecule has 6 rings (SSSR count). The molecule has 0 radical (unpaired) electrons. The monoisotopic (exact) mass is 480 g/mol. The molecule has 5 nitrogen and oxygen atoms in total. The molecular formula is C25H29BrN4O. The van der Waals surface area contributed by atoms with Crippen LogP contribution in [0.5, 0.6) is 0 Å². The van der Waals surface area contributed by atoms with Gasteiger partial charge in [0.1, 0.15) is 0 Å². The molecule has 1 spiro atoms. The molecule has 3 fully saturated rings. The minimum absolute atomic E-state index is 0.305. The third-order valence-corrected chi connectivity index (χ3v) is 8.83. The van der Waals surface area contributed by atoms with Crippen LogP contribution in [-0.4, -0.2) is 29.0 Å². The Balaban J connectivity index is 1.49. The summed E-state index contributed by atoms with van der Waals surface area (Å²) in [6.07, 6.45) is 15.7. The third kappa shape index (κ3) is 3.21. The van der Waals surface area contributed by atoms with Gasteiger partial charge >= 0.3 is 0 Å². The highest BCUT2D eigenvalue weighted by atomic mass is 79.9. The zero-order valence-electron chi connectivity index (χ0n) is 18.0. The van der Waals surface area contributed by atoms with Gasteiger partial charge in [0.15, 0.2) is 0 Å². The van der Waals surface area contributed by atoms with E-state index in [9.17, 15) is 4.79 Å². The summed E-state index contributed by atoms with van der Waals surface area (Å²) in [5.74, 6) is 1.66. The second-order valence-corrected chi connectivity index (χ2v) is 11.3. The highest BCUT2D eigenvalue weighted by Gasteiger charge is 2.51. The van der Waals surface area contributed by atoms with Crippen molar-refractivity contribution in [2.24, 2.45) is 28.9 Å². The normalized spacial score (nSPS) is 34.9. The van der Waals surface area contributed by atoms with E-state index in [1.807, 2.05) is 19.1 Å². The van der Waals surface area contributed by atoms with Crippen molar-refractivity contribution in [3.63, 3.8) is 0 Å². The summed E-state index contributed by atoms with van der Waals surface area (Å²) < 4.78 is 0.970. The number of rotatable bonds is 4. The van der Waals surface area contributed by atoms with Crippen molar-refractivity contribution in [3.8, 4) is 0 Å². The number of hydrogen-bond donors (Lipinski definition) is 1. The number of anilines is 1. The van der Waals surface area contributed by atoms with E-state index in [2.05, 4.69) is 39.0 Å². The van der Waals surface area contributed by atoms with Crippen molar-refractivity contribution in [2.75, 3.05) is 18.0 Å². The van der Waals surface area contributed by atoms with Crippen LogP contribution in [0.3, 0.4) is 0 Å². The maximum Gasteiger partial charge on any atom is 0.225 e. The SMILES string of the molecule is Cc1cc(C2(C3=CCC4(CC3)CC4)C=C(Br)C=CC2C(N)=O)nc(N2CC3CC3C2)n1. The van der Waals surface area contributed by atoms with Crippen molar-refractivity contribution in [2.45, 2.75) is 50.9 Å². The van der Waals surface area contributed by atoms with Crippen molar-refractivity contribution in [1.82, 2.24) is 9.97 Å². The number of aryl methyl sites for hydroxylation is 1. The lowest BCUT2D eigenvalue weighted by Gasteiger charge is -2.42. The van der Waals surface area contributed by atoms with Gasteiger partial charge in [-0.2, -0.15) is 0 Å². The maximum absolute atomic E-state index is 12.8. The Labute approximate surface area is 192 Å². The lowest BCUT2D eigenvalue weighted by atomic mass is 9.62. The quantitative estimate of drug-likeness (QED) is 0.651. The number of carbonyl (C=O) groups excluding carboxylic acids is 1. The summed E-state index contributed by atoms with van der Waals surface area (Å²) in [6.45, 7) is 4.12. The van der Waals surface area contributed by atoms with Gasteiger partial charge in [0.2, 0.25) is 11.9 Å². The van der Waals surface area contributed by atoms with Crippen LogP contribution in [0.2, 0.25) is 0 Å². The van der Waals surface area contributed by atoms with Crippen LogP contribution >= 0.6 is 15.9 Å². The Bertz CT molecular complexity index is 1050. The summed E-state index contributed by atoms with van der Waals surface area (Å²) in [6, 6.07) is 2.06. The van der Waals surface area contributed by atoms with Crippen LogP contribution in [0.1, 0.15) is 49.9 Å². The first-order valence-corrected chi connectivity index (χ1v) is 12.3. The van der Waals surface area contributed by atoms with E-state index in [0.717, 1.165) is 59.6 Å². The fourth-order valence-corrected chi connectivity index (χ4v) is 6.64. The molecular weight excluding hydrogens is 452 g/mol. The predicted molar refractivity (Wildman–Crippen MR) is 125 cm³/mol. The minimum atomic E-state index is -0.652. The number of piperidine rings is 1. The first-order valence-electron chi connectivity index (χ1n) is 11.6. The molecule has 2 N–H and O–H groups in total. The van der Waals surface area contributed by atoms with Crippen molar-refractivity contribution in [1.29, 1.82) is 0 Å². The standard InChI is InChI=1S/C25H29BrN4O/c1-15-10-21(29-23(28-15)30-13-16-11-17(16)14-30)25(12-19(26)2-3-20(25)22(27)31)18-4-6-24(7-5-18)8-9-24/h2-4,10,12,16-17,20H,5-9,11,13-14H2,1H3,(H2,27,31). The zero-order chi connectivity index (χ0) is 21.4. The van der Waals surface area contributed by atoms with Gasteiger partial charge < -0.3 is 10.6 Å². The highest BCUT2D eigenvalue weighted by Crippen LogP contribution is 2.59. The fourth-order valence-electron chi connectivity index (χ4n) is 6.12. The molecule has 4 atom stereocenters. The lowest BCUT2D eigenvalue weighted by molar-refractivity contribution is -0.121. The molecule has 1 aromatic heterocycles. The molecule has 31 heavy (non-hydrogen) atoms. The number of nitrogens with zero attached hydrogens (tertiary/aromatic N) is 3. The molecule has 5 aliphatic rings. The number of amides is 1. The van der Waals surface area contributed by atoms with Gasteiger partial charge in [0.05, 0.1) is 17.0 Å². The van der Waals surface area contributed by atoms with Crippen LogP contribution < -0.4 is 10.6 Å². The summed E-state index contributed by atoms with van der Waals surface area (Å²) >= 11 is 3.70. The van der Waals surface area contributed by atoms with Gasteiger partial charge in [-0.05, 0) is 68.8 Å². The molecule has 1 aromatic rings. The minimum Gasteiger partial charge on any atom is -0.369 e. The number of primary amides is 1. The largest absolute Gasteiger partial charge is 0.369 e. The van der Waals surface area contributed by atoms with E-state index in [1.165, 1.54) is 31.3 Å². The second-order valence-electron chi connectivity index (χ2n) is 10.4. The van der Waals surface area contributed by atoms with Gasteiger partial charge in [-0.3, -0.25) is 4.79 Å². The van der Waals surface area contributed by atoms with Gasteiger partial charge in [0.25, 0.3) is 0 Å². The Morgan fingerprint density at radius 2 is 2.00 bits per heavy atom. The van der Waals surface area contributed by atoms with E-state index >= 15 is 0 Å². The number of nitrogens with two attached hydrogens (primary N) is 1. The van der Waals surface area contributed by atoms with E-state index in [1.54, 1.807) is 0 Å². The topological polar surface area (TPSA) is 72.1 Å². The Morgan fingerprint density at radius 1 is 1.23 bits per heavy atom. The zero-order valence-corrected chi connectivity index (χ0v) is 19.6. The van der Waals surface area contributed by atoms with E-state index < -0.39 is 11.3 Å². The van der Waals surface area contributed by atoms with E-state index in [-0.39, 0.29) is 5.91 Å². The van der Waals surface area contributed by atoms with Crippen LogP contribution in [0.15, 0.2) is 40.4 Å². The fraction of sp³-hybridized carbons (Fsp3) is 0.560. The molecule has 1 aliphatic heterocycles. The molecule has 4 unspecified atom stereocenters. The highest BCUT2D eigenvalue weighted by molar-refractivity contribution is 9.11. The van der Waals surface area contributed by atoms with Crippen LogP contribution in [0, 0.1) is 30.1 Å². The molecule has 1 saturated heterocycles. The molecule has 2 heterocycles. The smallest absolute Gasteiger partial charge is 0.225 e. The molecule has 162 valence electrons. The van der Waals surface area contributed by atoms with Crippen LogP contribution in [-0.2, 0) is 10.2 Å². The van der Waals surface area contributed by atoms with Crippen molar-refractivity contribution in [3.05, 3.63) is 51.8 Å². The molecule has 2 saturated carbocycles. The average molecular weight is 481 g/mol. The number of fused-ring (bicyclic) bond motifs is 1. The second kappa shape index (κ2) is 6.77. The van der Waals surface area contributed by atoms with Crippen molar-refractivity contribution >= 4 is 27.8 Å². The molecule has 1 amide bonds. The van der Waals surface area contributed by atoms with Gasteiger partial charge in [-0.1, -0.05) is 45.8 Å². The number of hydrogen-bond acceptors (Lipinski definition) is 4. The lowest BCUT2D eigenvalue weighted by Crippen LogP contribution is -2.45. The molecule has 0 aromatic carbocycles. The van der Waals surface area contributed by atoms with E-state index in [4.69, 9.17) is 15.7 Å². The summed E-state index contributed by atoms with van der Waals surface area (Å²) in [7, 11) is 0. The Hall–Kier alpha value is -1.95. The molecule has 0 bridgehead atoms.